The molecule has 70 heavy (non-hydrogen) atoms. The van der Waals surface area contributed by atoms with Gasteiger partial charge in [-0.3, -0.25) is 0 Å². The van der Waals surface area contributed by atoms with Crippen LogP contribution in [0.1, 0.15) is 79.0 Å². The molecule has 1 aliphatic rings. The highest BCUT2D eigenvalue weighted by Crippen LogP contribution is 2.58. The van der Waals surface area contributed by atoms with Crippen molar-refractivity contribution in [2.24, 2.45) is 0 Å². The molecule has 0 saturated carbocycles. The third kappa shape index (κ3) is 5.16. The number of benzene rings is 12. The van der Waals surface area contributed by atoms with Crippen molar-refractivity contribution in [3.63, 3.8) is 0 Å². The molecule has 0 bridgehead atoms. The van der Waals surface area contributed by atoms with E-state index in [0.29, 0.717) is 0 Å². The molecule has 0 fully saturated rings. The zero-order valence-electron chi connectivity index (χ0n) is 41.6. The van der Waals surface area contributed by atoms with Crippen molar-refractivity contribution in [1.29, 1.82) is 0 Å². The molecule has 0 heteroatoms. The van der Waals surface area contributed by atoms with Crippen molar-refractivity contribution < 1.29 is 0 Å². The lowest BCUT2D eigenvalue weighted by atomic mass is 9.82. The molecule has 0 amide bonds. The highest BCUT2D eigenvalue weighted by molar-refractivity contribution is 6.47. The smallest absolute Gasteiger partial charge is 0.000740 e. The average molecular weight is 895 g/mol. The Morgan fingerprint density at radius 1 is 0.229 bits per heavy atom. The molecule has 0 nitrogen and oxygen atoms in total. The Kier molecular flexibility index (Phi) is 7.61. The van der Waals surface area contributed by atoms with Gasteiger partial charge in [-0.05, 0) is 215 Å². The second kappa shape index (κ2) is 13.2. The van der Waals surface area contributed by atoms with Gasteiger partial charge in [0.25, 0.3) is 0 Å². The maximum atomic E-state index is 2.59. The SMILES string of the molecule is CC(C)(C)c1ccc2c(c1)-c1ccc3c4ccc5c6c(-c7ccccc7)c7cc8c(cc7c(-c7ccccc7)c6c6ccc(c7ccc-2c1c73)c4c65)c1cc(C(C)(C)C)cc2cc(C(C)(C)C)cc8c21. The van der Waals surface area contributed by atoms with Crippen molar-refractivity contribution in [3.05, 3.63) is 180 Å². The Hall–Kier alpha value is -7.54. The van der Waals surface area contributed by atoms with E-state index >= 15 is 0 Å². The molecule has 1 aliphatic carbocycles. The minimum Gasteiger partial charge on any atom is -0.0622 e. The molecule has 0 radical (unpaired) electrons. The Balaban J connectivity index is 1.13. The normalized spacial score (nSPS) is 13.5. The topological polar surface area (TPSA) is 0 Å². The van der Waals surface area contributed by atoms with Crippen LogP contribution in [0.3, 0.4) is 0 Å². The second-order valence-corrected chi connectivity index (χ2v) is 24.0. The molecule has 0 atom stereocenters. The van der Waals surface area contributed by atoms with Crippen LogP contribution in [0.4, 0.5) is 0 Å². The summed E-state index contributed by atoms with van der Waals surface area (Å²) in [5, 5.41) is 27.0. The van der Waals surface area contributed by atoms with Gasteiger partial charge in [0.2, 0.25) is 0 Å². The van der Waals surface area contributed by atoms with Crippen LogP contribution in [0, 0.1) is 0 Å². The summed E-state index contributed by atoms with van der Waals surface area (Å²) in [5.41, 5.74) is 14.8. The van der Waals surface area contributed by atoms with Crippen molar-refractivity contribution in [1.82, 2.24) is 0 Å². The van der Waals surface area contributed by atoms with Gasteiger partial charge in [0.15, 0.2) is 0 Å². The molecule has 14 aromatic rings. The molecule has 14 aromatic carbocycles. The van der Waals surface area contributed by atoms with Gasteiger partial charge in [0.1, 0.15) is 0 Å². The Labute approximate surface area is 409 Å². The number of rotatable bonds is 2. The number of hydrogen-bond donors (Lipinski definition) is 0. The summed E-state index contributed by atoms with van der Waals surface area (Å²) in [6.45, 7) is 21.1. The van der Waals surface area contributed by atoms with Crippen molar-refractivity contribution in [3.8, 4) is 44.5 Å². The summed E-state index contributed by atoms with van der Waals surface area (Å²) in [6.07, 6.45) is 0. The van der Waals surface area contributed by atoms with Crippen LogP contribution >= 0.6 is 0 Å². The lowest BCUT2D eigenvalue weighted by Gasteiger charge is -2.22. The second-order valence-electron chi connectivity index (χ2n) is 24.0. The van der Waals surface area contributed by atoms with Crippen LogP contribution in [-0.4, -0.2) is 0 Å². The number of fused-ring (bicyclic) bond motifs is 12. The maximum Gasteiger partial charge on any atom is -0.000740 e. The van der Waals surface area contributed by atoms with E-state index in [4.69, 9.17) is 0 Å². The van der Waals surface area contributed by atoms with Crippen LogP contribution < -0.4 is 0 Å². The zero-order valence-corrected chi connectivity index (χ0v) is 41.6. The van der Waals surface area contributed by atoms with Crippen LogP contribution in [0.15, 0.2) is 164 Å². The third-order valence-corrected chi connectivity index (χ3v) is 16.8. The predicted octanol–water partition coefficient (Wildman–Crippen LogP) is 20.4. The molecule has 0 aromatic heterocycles. The van der Waals surface area contributed by atoms with Gasteiger partial charge in [-0.1, -0.05) is 196 Å². The molecule has 334 valence electrons. The summed E-state index contributed by atoms with van der Waals surface area (Å²) in [6, 6.07) is 64.5. The van der Waals surface area contributed by atoms with Crippen molar-refractivity contribution >= 4 is 108 Å². The van der Waals surface area contributed by atoms with Gasteiger partial charge < -0.3 is 0 Å². The van der Waals surface area contributed by atoms with Crippen LogP contribution in [-0.2, 0) is 16.2 Å². The van der Waals surface area contributed by atoms with Crippen molar-refractivity contribution in [2.75, 3.05) is 0 Å². The van der Waals surface area contributed by atoms with Crippen LogP contribution in [0.25, 0.3) is 152 Å². The molecular weight excluding hydrogens is 841 g/mol. The average Bonchev–Trinajstić information content (AvgIpc) is 3.98. The fraction of sp³-hybridized carbons (Fsp3) is 0.171. The summed E-state index contributed by atoms with van der Waals surface area (Å²) < 4.78 is 0. The van der Waals surface area contributed by atoms with E-state index in [-0.39, 0.29) is 16.2 Å². The Bertz CT molecular complexity index is 4370. The minimum absolute atomic E-state index is 0.00258. The van der Waals surface area contributed by atoms with Gasteiger partial charge in [0.05, 0.1) is 0 Å². The molecular formula is C70H54. The van der Waals surface area contributed by atoms with E-state index in [9.17, 15) is 0 Å². The number of hydrogen-bond acceptors (Lipinski definition) is 0. The molecule has 0 unspecified atom stereocenters. The highest BCUT2D eigenvalue weighted by Gasteiger charge is 2.31. The third-order valence-electron chi connectivity index (χ3n) is 16.8. The van der Waals surface area contributed by atoms with E-state index in [0.717, 1.165) is 0 Å². The fourth-order valence-corrected chi connectivity index (χ4v) is 13.4. The molecule has 0 spiro atoms. The monoisotopic (exact) mass is 894 g/mol. The molecule has 0 aliphatic heterocycles. The summed E-state index contributed by atoms with van der Waals surface area (Å²) in [4.78, 5) is 0. The first-order valence-corrected chi connectivity index (χ1v) is 25.4. The quantitative estimate of drug-likeness (QED) is 0.120. The Morgan fingerprint density at radius 2 is 0.629 bits per heavy atom. The summed E-state index contributed by atoms with van der Waals surface area (Å²) in [7, 11) is 0. The summed E-state index contributed by atoms with van der Waals surface area (Å²) >= 11 is 0. The van der Waals surface area contributed by atoms with Gasteiger partial charge in [-0.25, -0.2) is 0 Å². The molecule has 0 heterocycles. The largest absolute Gasteiger partial charge is 0.0622 e. The van der Waals surface area contributed by atoms with E-state index in [1.807, 2.05) is 0 Å². The van der Waals surface area contributed by atoms with Gasteiger partial charge in [0, 0.05) is 0 Å². The Morgan fingerprint density at radius 3 is 1.10 bits per heavy atom. The first-order valence-electron chi connectivity index (χ1n) is 25.4. The zero-order chi connectivity index (χ0) is 47.5. The molecule has 0 N–H and O–H groups in total. The maximum absolute atomic E-state index is 2.59. The lowest BCUT2D eigenvalue weighted by molar-refractivity contribution is 0.590. The van der Waals surface area contributed by atoms with Crippen LogP contribution in [0.2, 0.25) is 0 Å². The van der Waals surface area contributed by atoms with Crippen molar-refractivity contribution in [2.45, 2.75) is 78.6 Å². The van der Waals surface area contributed by atoms with E-state index < -0.39 is 0 Å². The van der Waals surface area contributed by atoms with Gasteiger partial charge >= 0.3 is 0 Å². The van der Waals surface area contributed by atoms with Gasteiger partial charge in [-0.15, -0.1) is 0 Å². The van der Waals surface area contributed by atoms with Crippen LogP contribution in [0.5, 0.6) is 0 Å². The first kappa shape index (κ1) is 40.4. The van der Waals surface area contributed by atoms with E-state index in [1.165, 1.54) is 169 Å². The highest BCUT2D eigenvalue weighted by atomic mass is 14.3. The standard InChI is InChI=1S/C70H54/c1-68(2,3)40-20-21-43-44-22-23-45-47-26-28-50-65-51(29-27-48(64(47)65)46-24-25-49(52(43)32-40)62(44)63(45)46)67-61(38-18-14-11-15-19-38)58-36-54-53(35-57(58)60(66(50)67)37-16-12-10-13-17-37)55-33-41(69(4,5)6)30-39-31-42(70(7,8)9)34-56(54)59(39)55/h10-36H,1-9H3. The summed E-state index contributed by atoms with van der Waals surface area (Å²) in [5.74, 6) is 0. The van der Waals surface area contributed by atoms with Gasteiger partial charge in [-0.2, -0.15) is 0 Å². The van der Waals surface area contributed by atoms with E-state index in [1.54, 1.807) is 0 Å². The first-order chi connectivity index (χ1) is 33.6. The lowest BCUT2D eigenvalue weighted by Crippen LogP contribution is -2.12. The molecule has 0 saturated heterocycles. The minimum atomic E-state index is -0.00258. The molecule has 15 rings (SSSR count). The predicted molar refractivity (Wildman–Crippen MR) is 306 cm³/mol. The fourth-order valence-electron chi connectivity index (χ4n) is 13.4. The van der Waals surface area contributed by atoms with E-state index in [2.05, 4.69) is 226 Å².